The van der Waals surface area contributed by atoms with Crippen LogP contribution in [0.15, 0.2) is 0 Å². The van der Waals surface area contributed by atoms with Crippen LogP contribution in [-0.2, 0) is 13.6 Å². The van der Waals surface area contributed by atoms with E-state index in [1.165, 1.54) is 13.8 Å². The molecular weight excluding hydrogens is 294 g/mol. The minimum atomic E-state index is -4.67. The lowest BCUT2D eigenvalue weighted by Crippen LogP contribution is -2.48. The summed E-state index contributed by atoms with van der Waals surface area (Å²) in [5.41, 5.74) is 0. The van der Waals surface area contributed by atoms with Gasteiger partial charge in [-0.3, -0.25) is 9.88 Å². The molecule has 20 heavy (non-hydrogen) atoms. The first kappa shape index (κ1) is 18.0. The Bertz CT molecular complexity index is 322. The van der Waals surface area contributed by atoms with Crippen molar-refractivity contribution >= 4 is 7.60 Å². The molecule has 1 rings (SSSR count). The number of halogens is 3. The molecule has 1 unspecified atom stereocenters. The summed E-state index contributed by atoms with van der Waals surface area (Å²) in [6, 6.07) is -0.287. The largest absolute Gasteiger partial charge is 0.415 e. The first-order valence-corrected chi connectivity index (χ1v) is 8.66. The van der Waals surface area contributed by atoms with E-state index in [-0.39, 0.29) is 19.3 Å². The van der Waals surface area contributed by atoms with Gasteiger partial charge in [0.1, 0.15) is 0 Å². The molecule has 0 aliphatic heterocycles. The highest BCUT2D eigenvalue weighted by atomic mass is 31.2. The Hall–Kier alpha value is -0.100. The van der Waals surface area contributed by atoms with Gasteiger partial charge >= 0.3 is 13.8 Å². The molecular formula is C12H23F3NO3P. The van der Waals surface area contributed by atoms with Crippen molar-refractivity contribution in [2.24, 2.45) is 0 Å². The number of hydrogen-bond donors (Lipinski definition) is 1. The highest BCUT2D eigenvalue weighted by Crippen LogP contribution is 2.57. The molecule has 4 nitrogen and oxygen atoms in total. The quantitative estimate of drug-likeness (QED) is 0.719. The van der Waals surface area contributed by atoms with E-state index >= 15 is 0 Å². The Kier molecular flexibility index (Phi) is 6.98. The number of alkyl halides is 3. The fourth-order valence-corrected chi connectivity index (χ4v) is 4.25. The highest BCUT2D eigenvalue weighted by Gasteiger charge is 2.54. The van der Waals surface area contributed by atoms with Crippen LogP contribution in [0, 0.1) is 0 Å². The summed E-state index contributed by atoms with van der Waals surface area (Å²) >= 11 is 0. The summed E-state index contributed by atoms with van der Waals surface area (Å²) in [6.07, 6.45) is -0.554. The van der Waals surface area contributed by atoms with Crippen LogP contribution in [0.4, 0.5) is 13.2 Å². The maximum absolute atomic E-state index is 13.2. The molecule has 1 aliphatic rings. The number of hydrogen-bond acceptors (Lipinski definition) is 4. The van der Waals surface area contributed by atoms with Crippen LogP contribution in [0.2, 0.25) is 0 Å². The summed E-state index contributed by atoms with van der Waals surface area (Å²) < 4.78 is 61.8. The predicted octanol–water partition coefficient (Wildman–Crippen LogP) is 4.06. The maximum atomic E-state index is 13.2. The second-order valence-electron chi connectivity index (χ2n) is 4.82. The Morgan fingerprint density at radius 1 is 1.15 bits per heavy atom. The third-order valence-electron chi connectivity index (χ3n) is 3.24. The fourth-order valence-electron chi connectivity index (χ4n) is 2.40. The summed E-state index contributed by atoms with van der Waals surface area (Å²) in [7, 11) is -4.25. The van der Waals surface area contributed by atoms with Crippen LogP contribution in [-0.4, -0.2) is 31.2 Å². The minimum absolute atomic E-state index is 0.0871. The molecule has 1 saturated carbocycles. The molecule has 0 spiro atoms. The van der Waals surface area contributed by atoms with Crippen molar-refractivity contribution < 1.29 is 26.8 Å². The Morgan fingerprint density at radius 2 is 1.65 bits per heavy atom. The molecule has 1 aliphatic carbocycles. The van der Waals surface area contributed by atoms with Gasteiger partial charge in [-0.15, -0.1) is 0 Å². The Labute approximate surface area is 117 Å². The zero-order chi connectivity index (χ0) is 15.2. The van der Waals surface area contributed by atoms with Crippen LogP contribution in [0.5, 0.6) is 0 Å². The molecule has 0 bridgehead atoms. The van der Waals surface area contributed by atoms with Gasteiger partial charge in [0, 0.05) is 6.04 Å². The topological polar surface area (TPSA) is 47.6 Å². The fraction of sp³-hybridized carbons (Fsp3) is 1.00. The summed E-state index contributed by atoms with van der Waals surface area (Å²) in [4.78, 5) is 0. The maximum Gasteiger partial charge on any atom is 0.415 e. The van der Waals surface area contributed by atoms with Crippen molar-refractivity contribution in [2.75, 3.05) is 13.2 Å². The van der Waals surface area contributed by atoms with Gasteiger partial charge in [-0.25, -0.2) is 0 Å². The molecule has 0 saturated heterocycles. The average molecular weight is 317 g/mol. The zero-order valence-electron chi connectivity index (χ0n) is 11.9. The van der Waals surface area contributed by atoms with Gasteiger partial charge in [0.2, 0.25) is 5.78 Å². The van der Waals surface area contributed by atoms with Gasteiger partial charge in [-0.2, -0.15) is 13.2 Å². The van der Waals surface area contributed by atoms with Crippen LogP contribution < -0.4 is 5.32 Å². The average Bonchev–Trinajstić information content (AvgIpc) is 2.36. The van der Waals surface area contributed by atoms with E-state index < -0.39 is 19.6 Å². The SMILES string of the molecule is CCOP(=O)(OCC)C(NC1CCCCC1)C(F)(F)F. The smallest absolute Gasteiger partial charge is 0.308 e. The van der Waals surface area contributed by atoms with Crippen LogP contribution >= 0.6 is 7.60 Å². The van der Waals surface area contributed by atoms with E-state index in [9.17, 15) is 17.7 Å². The predicted molar refractivity (Wildman–Crippen MR) is 70.7 cm³/mol. The van der Waals surface area contributed by atoms with E-state index in [1.807, 2.05) is 0 Å². The van der Waals surface area contributed by atoms with Crippen molar-refractivity contribution in [1.29, 1.82) is 0 Å². The summed E-state index contributed by atoms with van der Waals surface area (Å²) in [5, 5.41) is 2.47. The molecule has 0 aromatic carbocycles. The lowest BCUT2D eigenvalue weighted by atomic mass is 9.95. The van der Waals surface area contributed by atoms with E-state index in [2.05, 4.69) is 5.32 Å². The lowest BCUT2D eigenvalue weighted by Gasteiger charge is -2.33. The molecule has 0 amide bonds. The Morgan fingerprint density at radius 3 is 2.05 bits per heavy atom. The van der Waals surface area contributed by atoms with Crippen LogP contribution in [0.25, 0.3) is 0 Å². The zero-order valence-corrected chi connectivity index (χ0v) is 12.8. The van der Waals surface area contributed by atoms with Gasteiger partial charge in [0.15, 0.2) is 0 Å². The molecule has 120 valence electrons. The molecule has 1 N–H and O–H groups in total. The number of rotatable bonds is 7. The number of nitrogens with one attached hydrogen (secondary N) is 1. The van der Waals surface area contributed by atoms with Crippen molar-refractivity contribution in [3.8, 4) is 0 Å². The molecule has 1 atom stereocenters. The van der Waals surface area contributed by atoms with Gasteiger partial charge in [0.25, 0.3) is 0 Å². The van der Waals surface area contributed by atoms with E-state index in [4.69, 9.17) is 9.05 Å². The summed E-state index contributed by atoms with van der Waals surface area (Å²) in [5.74, 6) is -2.25. The molecule has 0 aromatic rings. The molecule has 1 fully saturated rings. The van der Waals surface area contributed by atoms with Gasteiger partial charge in [-0.1, -0.05) is 19.3 Å². The molecule has 0 heterocycles. The standard InChI is InChI=1S/C12H23F3NO3P/c1-3-18-20(17,19-4-2)11(12(13,14)15)16-10-8-6-5-7-9-10/h10-11,16H,3-9H2,1-2H3. The first-order chi connectivity index (χ1) is 9.33. The molecule has 0 aromatic heterocycles. The van der Waals surface area contributed by atoms with Crippen molar-refractivity contribution in [2.45, 2.75) is 64.0 Å². The van der Waals surface area contributed by atoms with Crippen molar-refractivity contribution in [3.05, 3.63) is 0 Å². The Balaban J connectivity index is 2.88. The van der Waals surface area contributed by atoms with Gasteiger partial charge in [0.05, 0.1) is 13.2 Å². The normalized spacial score (nSPS) is 20.1. The highest BCUT2D eigenvalue weighted by molar-refractivity contribution is 7.54. The van der Waals surface area contributed by atoms with Crippen molar-refractivity contribution in [3.63, 3.8) is 0 Å². The van der Waals surface area contributed by atoms with Crippen LogP contribution in [0.1, 0.15) is 46.0 Å². The minimum Gasteiger partial charge on any atom is -0.308 e. The molecule has 8 heteroatoms. The summed E-state index contributed by atoms with van der Waals surface area (Å²) in [6.45, 7) is 2.83. The lowest BCUT2D eigenvalue weighted by molar-refractivity contribution is -0.143. The third kappa shape index (κ3) is 5.02. The first-order valence-electron chi connectivity index (χ1n) is 7.05. The van der Waals surface area contributed by atoms with E-state index in [1.54, 1.807) is 0 Å². The van der Waals surface area contributed by atoms with Gasteiger partial charge < -0.3 is 9.05 Å². The van der Waals surface area contributed by atoms with Crippen molar-refractivity contribution in [1.82, 2.24) is 5.32 Å². The molecule has 0 radical (unpaired) electrons. The second-order valence-corrected chi connectivity index (χ2v) is 6.93. The second kappa shape index (κ2) is 7.78. The van der Waals surface area contributed by atoms with E-state index in [0.717, 1.165) is 19.3 Å². The van der Waals surface area contributed by atoms with Crippen LogP contribution in [0.3, 0.4) is 0 Å². The third-order valence-corrected chi connectivity index (χ3v) is 5.55. The monoisotopic (exact) mass is 317 g/mol. The van der Waals surface area contributed by atoms with E-state index in [0.29, 0.717) is 12.8 Å². The van der Waals surface area contributed by atoms with Gasteiger partial charge in [-0.05, 0) is 26.7 Å².